The van der Waals surface area contributed by atoms with Crippen LogP contribution in [0, 0.1) is 0 Å². The molecule has 0 bridgehead atoms. The summed E-state index contributed by atoms with van der Waals surface area (Å²) in [5.74, 6) is 0. The highest BCUT2D eigenvalue weighted by atomic mass is 16.5. The lowest BCUT2D eigenvalue weighted by molar-refractivity contribution is 0.411. The number of benzene rings is 1. The van der Waals surface area contributed by atoms with Crippen LogP contribution in [0.5, 0.6) is 0 Å². The number of nitrogens with one attached hydrogen (secondary N) is 1. The van der Waals surface area contributed by atoms with Gasteiger partial charge in [0.1, 0.15) is 0 Å². The topological polar surface area (TPSA) is 25.0 Å². The van der Waals surface area contributed by atoms with Gasteiger partial charge in [0.05, 0.1) is 12.5 Å². The largest absolute Gasteiger partial charge is 0.473 e. The predicted molar refractivity (Wildman–Crippen MR) is 57.5 cm³/mol. The number of H-pyrrole nitrogens is 1. The maximum Gasteiger partial charge on any atom is 0.0922 e. The minimum atomic E-state index is 1.10. The van der Waals surface area contributed by atoms with Crippen molar-refractivity contribution in [3.8, 4) is 0 Å². The van der Waals surface area contributed by atoms with E-state index in [1.807, 2.05) is 24.3 Å². The van der Waals surface area contributed by atoms with E-state index in [4.69, 9.17) is 4.74 Å². The molecule has 2 nitrogen and oxygen atoms in total. The van der Waals surface area contributed by atoms with Crippen LogP contribution in [0.2, 0.25) is 0 Å². The van der Waals surface area contributed by atoms with Gasteiger partial charge in [-0.2, -0.15) is 0 Å². The summed E-state index contributed by atoms with van der Waals surface area (Å²) in [4.78, 5) is 3.34. The summed E-state index contributed by atoms with van der Waals surface area (Å²) in [6.07, 6.45) is 7.30. The molecule has 68 valence electrons. The smallest absolute Gasteiger partial charge is 0.0922 e. The van der Waals surface area contributed by atoms with E-state index in [2.05, 4.69) is 17.1 Å². The second-order valence-corrected chi connectivity index (χ2v) is 3.24. The highest BCUT2D eigenvalue weighted by molar-refractivity contribution is 5.93. The summed E-state index contributed by atoms with van der Waals surface area (Å²) in [5.41, 5.74) is 3.45. The van der Waals surface area contributed by atoms with E-state index in [0.717, 1.165) is 11.2 Å². The molecule has 0 atom stereocenters. The maximum atomic E-state index is 5.10. The fraction of sp³-hybridized carbons (Fsp3) is 0. The summed E-state index contributed by atoms with van der Waals surface area (Å²) in [6, 6.07) is 8.25. The van der Waals surface area contributed by atoms with E-state index in [9.17, 15) is 0 Å². The highest BCUT2D eigenvalue weighted by Crippen LogP contribution is 2.25. The van der Waals surface area contributed by atoms with E-state index in [1.54, 1.807) is 12.5 Å². The van der Waals surface area contributed by atoms with E-state index in [1.165, 1.54) is 10.9 Å². The van der Waals surface area contributed by atoms with Crippen molar-refractivity contribution in [2.45, 2.75) is 0 Å². The molecule has 1 N–H and O–H groups in total. The summed E-state index contributed by atoms with van der Waals surface area (Å²) >= 11 is 0. The van der Waals surface area contributed by atoms with Crippen molar-refractivity contribution in [3.05, 3.63) is 48.0 Å². The molecule has 0 fully saturated rings. The standard InChI is InChI=1S/C12H9NO/c1-2-4-11-9(3-1)10-5-7-14-8-6-12(10)13-11/h1-8,13H. The minimum Gasteiger partial charge on any atom is -0.473 e. The van der Waals surface area contributed by atoms with E-state index in [-0.39, 0.29) is 0 Å². The lowest BCUT2D eigenvalue weighted by atomic mass is 10.1. The first-order chi connectivity index (χ1) is 6.95. The van der Waals surface area contributed by atoms with E-state index in [0.29, 0.717) is 0 Å². The van der Waals surface area contributed by atoms with Crippen molar-refractivity contribution in [1.29, 1.82) is 0 Å². The zero-order valence-electron chi connectivity index (χ0n) is 7.53. The van der Waals surface area contributed by atoms with Gasteiger partial charge in [0.25, 0.3) is 0 Å². The Balaban J connectivity index is 2.41. The Hall–Kier alpha value is -1.96. The molecule has 1 aliphatic rings. The normalized spacial score (nSPS) is 13.7. The van der Waals surface area contributed by atoms with Crippen LogP contribution in [0.4, 0.5) is 0 Å². The van der Waals surface area contributed by atoms with Gasteiger partial charge in [0.2, 0.25) is 0 Å². The molecule has 0 aliphatic carbocycles. The van der Waals surface area contributed by atoms with Gasteiger partial charge in [-0.3, -0.25) is 0 Å². The van der Waals surface area contributed by atoms with Crippen LogP contribution in [0.15, 0.2) is 36.8 Å². The summed E-state index contributed by atoms with van der Waals surface area (Å²) < 4.78 is 5.10. The van der Waals surface area contributed by atoms with Gasteiger partial charge in [-0.15, -0.1) is 0 Å². The Morgan fingerprint density at radius 1 is 1.00 bits per heavy atom. The average molecular weight is 183 g/mol. The zero-order valence-corrected chi connectivity index (χ0v) is 7.53. The monoisotopic (exact) mass is 183 g/mol. The average Bonchev–Trinajstić information content (AvgIpc) is 2.42. The first kappa shape index (κ1) is 7.44. The molecule has 2 heteroatoms. The molecule has 0 unspecified atom stereocenters. The summed E-state index contributed by atoms with van der Waals surface area (Å²) in [7, 11) is 0. The molecular weight excluding hydrogens is 174 g/mol. The molecule has 14 heavy (non-hydrogen) atoms. The molecule has 3 rings (SSSR count). The van der Waals surface area contributed by atoms with Gasteiger partial charge in [-0.25, -0.2) is 0 Å². The molecule has 0 amide bonds. The molecule has 1 aliphatic heterocycles. The van der Waals surface area contributed by atoms with Crippen molar-refractivity contribution < 1.29 is 4.74 Å². The maximum absolute atomic E-state index is 5.10. The van der Waals surface area contributed by atoms with Crippen LogP contribution >= 0.6 is 0 Å². The van der Waals surface area contributed by atoms with Gasteiger partial charge in [0, 0.05) is 22.2 Å². The number of fused-ring (bicyclic) bond motifs is 3. The predicted octanol–water partition coefficient (Wildman–Crippen LogP) is 3.14. The number of aromatic amines is 1. The Morgan fingerprint density at radius 3 is 2.86 bits per heavy atom. The third kappa shape index (κ3) is 0.973. The van der Waals surface area contributed by atoms with Gasteiger partial charge in [-0.05, 0) is 18.2 Å². The SMILES string of the molecule is C1=Cc2[nH]c3ccccc3c2C=CO1. The lowest BCUT2D eigenvalue weighted by Gasteiger charge is -1.90. The molecule has 0 saturated heterocycles. The molecule has 1 aromatic heterocycles. The van der Waals surface area contributed by atoms with E-state index >= 15 is 0 Å². The fourth-order valence-corrected chi connectivity index (χ4v) is 1.76. The molecule has 0 spiro atoms. The van der Waals surface area contributed by atoms with Crippen LogP contribution in [0.25, 0.3) is 23.1 Å². The van der Waals surface area contributed by atoms with Crippen molar-refractivity contribution in [3.63, 3.8) is 0 Å². The molecule has 0 saturated carbocycles. The van der Waals surface area contributed by atoms with Gasteiger partial charge in [-0.1, -0.05) is 18.2 Å². The second-order valence-electron chi connectivity index (χ2n) is 3.24. The second kappa shape index (κ2) is 2.77. The van der Waals surface area contributed by atoms with Crippen LogP contribution in [0.3, 0.4) is 0 Å². The van der Waals surface area contributed by atoms with Crippen molar-refractivity contribution in [1.82, 2.24) is 4.98 Å². The first-order valence-corrected chi connectivity index (χ1v) is 4.54. The van der Waals surface area contributed by atoms with Crippen molar-refractivity contribution >= 4 is 23.1 Å². The minimum absolute atomic E-state index is 1.10. The number of rotatable bonds is 0. The molecular formula is C12H9NO. The highest BCUT2D eigenvalue weighted by Gasteiger charge is 2.07. The van der Waals surface area contributed by atoms with Crippen LogP contribution < -0.4 is 0 Å². The lowest BCUT2D eigenvalue weighted by Crippen LogP contribution is -1.72. The fourth-order valence-electron chi connectivity index (χ4n) is 1.76. The first-order valence-electron chi connectivity index (χ1n) is 4.54. The quantitative estimate of drug-likeness (QED) is 0.666. The van der Waals surface area contributed by atoms with Crippen molar-refractivity contribution in [2.75, 3.05) is 0 Å². The number of aromatic nitrogens is 1. The molecule has 2 aromatic rings. The van der Waals surface area contributed by atoms with Gasteiger partial charge < -0.3 is 9.72 Å². The van der Waals surface area contributed by atoms with Gasteiger partial charge in [0.15, 0.2) is 0 Å². The molecule has 1 aromatic carbocycles. The summed E-state index contributed by atoms with van der Waals surface area (Å²) in [6.45, 7) is 0. The Kier molecular flexibility index (Phi) is 1.47. The number of hydrogen-bond donors (Lipinski definition) is 1. The van der Waals surface area contributed by atoms with Crippen molar-refractivity contribution in [2.24, 2.45) is 0 Å². The Bertz CT molecular complexity index is 534. The Morgan fingerprint density at radius 2 is 1.86 bits per heavy atom. The van der Waals surface area contributed by atoms with Crippen LogP contribution in [-0.4, -0.2) is 4.98 Å². The van der Waals surface area contributed by atoms with E-state index < -0.39 is 0 Å². The third-order valence-electron chi connectivity index (χ3n) is 2.40. The van der Waals surface area contributed by atoms with Gasteiger partial charge >= 0.3 is 0 Å². The molecule has 0 radical (unpaired) electrons. The molecule has 2 heterocycles. The van der Waals surface area contributed by atoms with Crippen LogP contribution in [0.1, 0.15) is 11.3 Å². The Labute approximate surface area is 81.5 Å². The van der Waals surface area contributed by atoms with Crippen LogP contribution in [-0.2, 0) is 4.74 Å². The zero-order chi connectivity index (χ0) is 9.38. The number of para-hydroxylation sites is 1. The number of hydrogen-bond acceptors (Lipinski definition) is 1. The number of ether oxygens (including phenoxy) is 1. The summed E-state index contributed by atoms with van der Waals surface area (Å²) in [5, 5.41) is 1.23. The third-order valence-corrected chi connectivity index (χ3v) is 2.40.